The molecule has 138 valence electrons. The van der Waals surface area contributed by atoms with E-state index in [2.05, 4.69) is 16.0 Å². The summed E-state index contributed by atoms with van der Waals surface area (Å²) in [7, 11) is -3.02. The minimum absolute atomic E-state index is 0.0284. The minimum Gasteiger partial charge on any atom is -0.273 e. The van der Waals surface area contributed by atoms with Gasteiger partial charge in [-0.1, -0.05) is 30.3 Å². The smallest absolute Gasteiger partial charge is 0.272 e. The highest BCUT2D eigenvalue weighted by atomic mass is 32.2. The van der Waals surface area contributed by atoms with Gasteiger partial charge in [0.25, 0.3) is 5.91 Å². The highest BCUT2D eigenvalue weighted by molar-refractivity contribution is 7.91. The molecule has 1 saturated heterocycles. The summed E-state index contributed by atoms with van der Waals surface area (Å²) in [5, 5.41) is 4.14. The lowest BCUT2D eigenvalue weighted by Crippen LogP contribution is -2.42. The molecule has 0 unspecified atom stereocenters. The van der Waals surface area contributed by atoms with E-state index in [-0.39, 0.29) is 23.8 Å². The van der Waals surface area contributed by atoms with Crippen molar-refractivity contribution in [3.8, 4) is 0 Å². The first-order valence-corrected chi connectivity index (χ1v) is 10.1. The second-order valence-electron chi connectivity index (χ2n) is 6.39. The molecule has 1 aliphatic heterocycles. The number of carbonyl (C=O) groups excluding carboxylic acids is 2. The Balaban J connectivity index is 1.47. The van der Waals surface area contributed by atoms with Crippen LogP contribution in [0, 0.1) is 5.92 Å². The van der Waals surface area contributed by atoms with Crippen molar-refractivity contribution < 1.29 is 18.0 Å². The predicted molar refractivity (Wildman–Crippen MR) is 94.8 cm³/mol. The first-order valence-electron chi connectivity index (χ1n) is 8.27. The summed E-state index contributed by atoms with van der Waals surface area (Å²) < 4.78 is 24.4. The van der Waals surface area contributed by atoms with Crippen molar-refractivity contribution in [1.29, 1.82) is 0 Å². The van der Waals surface area contributed by atoms with Crippen LogP contribution in [0.15, 0.2) is 42.7 Å². The number of hydrogen-bond acceptors (Lipinski definition) is 5. The Hall–Kier alpha value is -2.68. The van der Waals surface area contributed by atoms with Crippen LogP contribution in [0.3, 0.4) is 0 Å². The van der Waals surface area contributed by atoms with Crippen molar-refractivity contribution in [3.63, 3.8) is 0 Å². The van der Waals surface area contributed by atoms with E-state index in [9.17, 15) is 18.0 Å². The molecule has 0 radical (unpaired) electrons. The Kier molecular flexibility index (Phi) is 5.36. The quantitative estimate of drug-likeness (QED) is 0.739. The Morgan fingerprint density at radius 1 is 1.19 bits per heavy atom. The van der Waals surface area contributed by atoms with Crippen molar-refractivity contribution in [2.45, 2.75) is 19.4 Å². The van der Waals surface area contributed by atoms with Crippen LogP contribution in [0.2, 0.25) is 0 Å². The number of hydrazine groups is 1. The number of rotatable bonds is 5. The Bertz CT molecular complexity index is 892. The third-order valence-corrected chi connectivity index (χ3v) is 6.04. The van der Waals surface area contributed by atoms with Crippen LogP contribution in [-0.2, 0) is 21.2 Å². The van der Waals surface area contributed by atoms with Gasteiger partial charge in [-0.15, -0.1) is 0 Å². The normalized spacial score (nSPS) is 18.4. The van der Waals surface area contributed by atoms with Gasteiger partial charge in [-0.05, 0) is 17.9 Å². The number of aromatic nitrogens is 2. The summed E-state index contributed by atoms with van der Waals surface area (Å²) in [6.07, 6.45) is 3.58. The van der Waals surface area contributed by atoms with Gasteiger partial charge in [0, 0.05) is 12.6 Å². The topological polar surface area (TPSA) is 110 Å². The van der Waals surface area contributed by atoms with Crippen molar-refractivity contribution in [1.82, 2.24) is 20.6 Å². The molecule has 8 nitrogen and oxygen atoms in total. The third kappa shape index (κ3) is 4.92. The summed E-state index contributed by atoms with van der Waals surface area (Å²) in [5.41, 5.74) is 6.03. The fourth-order valence-electron chi connectivity index (χ4n) is 2.88. The SMILES string of the molecule is O=C(C[C@H]1CCS(=O)(=O)C1)NNC(=O)c1cnn(Cc2ccccc2)c1. The average Bonchev–Trinajstić information content (AvgIpc) is 3.20. The Morgan fingerprint density at radius 3 is 2.65 bits per heavy atom. The molecule has 2 aromatic rings. The number of sulfone groups is 1. The minimum atomic E-state index is -3.02. The largest absolute Gasteiger partial charge is 0.273 e. The zero-order chi connectivity index (χ0) is 18.6. The van der Waals surface area contributed by atoms with Gasteiger partial charge in [-0.25, -0.2) is 8.42 Å². The van der Waals surface area contributed by atoms with Gasteiger partial charge in [-0.3, -0.25) is 25.1 Å². The molecule has 26 heavy (non-hydrogen) atoms. The molecular formula is C17H20N4O4S. The third-order valence-electron chi connectivity index (χ3n) is 4.20. The predicted octanol–water partition coefficient (Wildman–Crippen LogP) is 0.517. The monoisotopic (exact) mass is 376 g/mol. The number of carbonyl (C=O) groups is 2. The number of hydrogen-bond donors (Lipinski definition) is 2. The summed E-state index contributed by atoms with van der Waals surface area (Å²) >= 11 is 0. The maximum absolute atomic E-state index is 12.1. The lowest BCUT2D eigenvalue weighted by molar-refractivity contribution is -0.122. The molecule has 9 heteroatoms. The van der Waals surface area contributed by atoms with E-state index in [1.54, 1.807) is 10.9 Å². The van der Waals surface area contributed by atoms with Crippen molar-refractivity contribution >= 4 is 21.7 Å². The molecule has 3 rings (SSSR count). The zero-order valence-corrected chi connectivity index (χ0v) is 14.9. The fraction of sp³-hybridized carbons (Fsp3) is 0.353. The van der Waals surface area contributed by atoms with E-state index in [0.29, 0.717) is 18.5 Å². The summed E-state index contributed by atoms with van der Waals surface area (Å²) in [4.78, 5) is 23.9. The van der Waals surface area contributed by atoms with Crippen LogP contribution < -0.4 is 10.9 Å². The second kappa shape index (κ2) is 7.69. The van der Waals surface area contributed by atoms with Crippen LogP contribution in [-0.4, -0.2) is 41.5 Å². The van der Waals surface area contributed by atoms with Gasteiger partial charge < -0.3 is 0 Å². The molecule has 2 N–H and O–H groups in total. The van der Waals surface area contributed by atoms with Crippen LogP contribution in [0.5, 0.6) is 0 Å². The maximum atomic E-state index is 12.1. The average molecular weight is 376 g/mol. The molecule has 2 heterocycles. The Morgan fingerprint density at radius 2 is 1.96 bits per heavy atom. The van der Waals surface area contributed by atoms with Crippen LogP contribution >= 0.6 is 0 Å². The lowest BCUT2D eigenvalue weighted by atomic mass is 10.1. The number of nitrogens with one attached hydrogen (secondary N) is 2. The van der Waals surface area contributed by atoms with E-state index in [1.807, 2.05) is 30.3 Å². The van der Waals surface area contributed by atoms with Gasteiger partial charge in [0.05, 0.1) is 29.8 Å². The van der Waals surface area contributed by atoms with Gasteiger partial charge in [0.2, 0.25) is 5.91 Å². The standard InChI is InChI=1S/C17H20N4O4S/c22-16(8-14-6-7-26(24,25)12-14)19-20-17(23)15-9-18-21(11-15)10-13-4-2-1-3-5-13/h1-5,9,11,14H,6-8,10,12H2,(H,19,22)(H,20,23)/t14-/m1/s1. The molecule has 1 aromatic heterocycles. The summed E-state index contributed by atoms with van der Waals surface area (Å²) in [6.45, 7) is 0.538. The van der Waals surface area contributed by atoms with Crippen molar-refractivity contribution in [2.75, 3.05) is 11.5 Å². The summed E-state index contributed by atoms with van der Waals surface area (Å²) in [6, 6.07) is 9.71. The molecule has 2 amide bonds. The van der Waals surface area contributed by atoms with E-state index >= 15 is 0 Å². The second-order valence-corrected chi connectivity index (χ2v) is 8.62. The van der Waals surface area contributed by atoms with E-state index in [1.165, 1.54) is 6.20 Å². The number of nitrogens with zero attached hydrogens (tertiary/aromatic N) is 2. The van der Waals surface area contributed by atoms with Gasteiger partial charge in [0.15, 0.2) is 9.84 Å². The molecule has 1 aliphatic rings. The molecule has 0 aliphatic carbocycles. The molecule has 0 saturated carbocycles. The van der Waals surface area contributed by atoms with Gasteiger partial charge >= 0.3 is 0 Å². The van der Waals surface area contributed by atoms with E-state index in [4.69, 9.17) is 0 Å². The number of amides is 2. The first-order chi connectivity index (χ1) is 12.4. The molecule has 1 fully saturated rings. The van der Waals surface area contributed by atoms with E-state index < -0.39 is 21.7 Å². The first kappa shape index (κ1) is 18.1. The van der Waals surface area contributed by atoms with Gasteiger partial charge in [0.1, 0.15) is 0 Å². The Labute approximate surface area is 151 Å². The van der Waals surface area contributed by atoms with Crippen LogP contribution in [0.25, 0.3) is 0 Å². The van der Waals surface area contributed by atoms with Crippen molar-refractivity contribution in [2.24, 2.45) is 5.92 Å². The summed E-state index contributed by atoms with van der Waals surface area (Å²) in [5.74, 6) is -0.919. The highest BCUT2D eigenvalue weighted by Gasteiger charge is 2.29. The van der Waals surface area contributed by atoms with E-state index in [0.717, 1.165) is 5.56 Å². The zero-order valence-electron chi connectivity index (χ0n) is 14.1. The van der Waals surface area contributed by atoms with Crippen LogP contribution in [0.1, 0.15) is 28.8 Å². The van der Waals surface area contributed by atoms with Gasteiger partial charge in [-0.2, -0.15) is 5.10 Å². The fourth-order valence-corrected chi connectivity index (χ4v) is 4.74. The highest BCUT2D eigenvalue weighted by Crippen LogP contribution is 2.21. The maximum Gasteiger partial charge on any atom is 0.272 e. The van der Waals surface area contributed by atoms with Crippen LogP contribution in [0.4, 0.5) is 0 Å². The lowest BCUT2D eigenvalue weighted by Gasteiger charge is -2.09. The molecule has 0 spiro atoms. The molecule has 1 aromatic carbocycles. The molecule has 0 bridgehead atoms. The van der Waals surface area contributed by atoms with Crippen molar-refractivity contribution in [3.05, 3.63) is 53.9 Å². The molecular weight excluding hydrogens is 356 g/mol. The molecule has 1 atom stereocenters. The number of benzene rings is 1.